The Morgan fingerprint density at radius 1 is 1.43 bits per heavy atom. The number of hydrogen-bond donors (Lipinski definition) is 2. The minimum atomic E-state index is -4.23. The van der Waals surface area contributed by atoms with Gasteiger partial charge in [0, 0.05) is 16.9 Å². The topological polar surface area (TPSA) is 41.1 Å². The molecule has 0 radical (unpaired) electrons. The van der Waals surface area contributed by atoms with Gasteiger partial charge in [0.1, 0.15) is 0 Å². The number of aryl methyl sites for hydroxylation is 1. The molecule has 2 atom stereocenters. The molecule has 2 N–H and O–H groups in total. The number of anilines is 1. The van der Waals surface area contributed by atoms with Crippen LogP contribution in [-0.2, 0) is 4.79 Å². The molecule has 0 aliphatic carbocycles. The average molecular weight is 346 g/mol. The van der Waals surface area contributed by atoms with E-state index in [4.69, 9.17) is 0 Å². The second-order valence-corrected chi connectivity index (χ2v) is 6.99. The fourth-order valence-electron chi connectivity index (χ4n) is 2.63. The first kappa shape index (κ1) is 18.1. The number of amides is 1. The van der Waals surface area contributed by atoms with Gasteiger partial charge in [-0.1, -0.05) is 6.07 Å². The van der Waals surface area contributed by atoms with Gasteiger partial charge >= 0.3 is 6.18 Å². The van der Waals surface area contributed by atoms with Crippen molar-refractivity contribution in [2.75, 3.05) is 17.6 Å². The zero-order chi connectivity index (χ0) is 17.0. The Labute approximate surface area is 138 Å². The number of rotatable bonds is 4. The van der Waals surface area contributed by atoms with Crippen LogP contribution in [0.1, 0.15) is 25.3 Å². The van der Waals surface area contributed by atoms with E-state index in [9.17, 15) is 18.0 Å². The minimum absolute atomic E-state index is 0.104. The third kappa shape index (κ3) is 5.73. The van der Waals surface area contributed by atoms with Gasteiger partial charge in [-0.05, 0) is 50.9 Å². The number of alkyl halides is 3. The number of piperidine rings is 1. The fraction of sp³-hybridized carbons (Fsp3) is 0.562. The van der Waals surface area contributed by atoms with Crippen LogP contribution < -0.4 is 10.6 Å². The van der Waals surface area contributed by atoms with Crippen molar-refractivity contribution in [1.82, 2.24) is 5.32 Å². The molecule has 3 nitrogen and oxygen atoms in total. The van der Waals surface area contributed by atoms with Crippen LogP contribution in [-0.4, -0.2) is 30.4 Å². The maximum absolute atomic E-state index is 12.4. The van der Waals surface area contributed by atoms with Gasteiger partial charge in [0.15, 0.2) is 0 Å². The molecule has 2 rings (SSSR count). The monoisotopic (exact) mass is 346 g/mol. The first-order valence-electron chi connectivity index (χ1n) is 7.59. The van der Waals surface area contributed by atoms with Crippen molar-refractivity contribution < 1.29 is 18.0 Å². The highest BCUT2D eigenvalue weighted by molar-refractivity contribution is 7.99. The molecule has 0 spiro atoms. The van der Waals surface area contributed by atoms with Crippen LogP contribution in [0.5, 0.6) is 0 Å². The average Bonchev–Trinajstić information content (AvgIpc) is 2.45. The molecule has 1 aromatic rings. The Morgan fingerprint density at radius 3 is 2.83 bits per heavy atom. The zero-order valence-electron chi connectivity index (χ0n) is 13.2. The molecule has 1 aliphatic heterocycles. The van der Waals surface area contributed by atoms with Crippen molar-refractivity contribution in [3.8, 4) is 0 Å². The van der Waals surface area contributed by atoms with Crippen LogP contribution in [0.25, 0.3) is 0 Å². The molecule has 1 amide bonds. The number of hydrogen-bond acceptors (Lipinski definition) is 3. The largest absolute Gasteiger partial charge is 0.398 e. The van der Waals surface area contributed by atoms with Gasteiger partial charge in [0.25, 0.3) is 0 Å². The summed E-state index contributed by atoms with van der Waals surface area (Å²) in [5.74, 6) is -1.19. The van der Waals surface area contributed by atoms with Gasteiger partial charge in [0.2, 0.25) is 5.91 Å². The van der Waals surface area contributed by atoms with Gasteiger partial charge in [-0.25, -0.2) is 0 Å². The van der Waals surface area contributed by atoms with Crippen LogP contribution in [0, 0.1) is 12.8 Å². The first-order chi connectivity index (χ1) is 10.7. The lowest BCUT2D eigenvalue weighted by molar-refractivity contribution is -0.120. The standard InChI is InChI=1S/C16H21F3N2OS/c1-10-3-4-14(23-9-16(17,18)19)13(7-10)21-15(22)12-5-6-20-11(2)8-12/h3-4,7,11-12,20H,5-6,8-9H2,1-2H3,(H,21,22)/t11-,12-/m0/s1. The number of nitrogens with one attached hydrogen (secondary N) is 2. The van der Waals surface area contributed by atoms with Crippen molar-refractivity contribution in [1.29, 1.82) is 0 Å². The molecular weight excluding hydrogens is 325 g/mol. The maximum atomic E-state index is 12.4. The molecule has 23 heavy (non-hydrogen) atoms. The fourth-order valence-corrected chi connectivity index (χ4v) is 3.38. The van der Waals surface area contributed by atoms with Gasteiger partial charge in [-0.3, -0.25) is 4.79 Å². The summed E-state index contributed by atoms with van der Waals surface area (Å²) >= 11 is 0.700. The quantitative estimate of drug-likeness (QED) is 0.811. The summed E-state index contributed by atoms with van der Waals surface area (Å²) < 4.78 is 37.3. The first-order valence-corrected chi connectivity index (χ1v) is 8.57. The van der Waals surface area contributed by atoms with E-state index in [2.05, 4.69) is 10.6 Å². The Balaban J connectivity index is 2.08. The second kappa shape index (κ2) is 7.57. The Hall–Kier alpha value is -1.21. The Kier molecular flexibility index (Phi) is 5.97. The predicted octanol–water partition coefficient (Wildman–Crippen LogP) is 3.98. The molecule has 1 aliphatic rings. The van der Waals surface area contributed by atoms with Crippen molar-refractivity contribution in [3.63, 3.8) is 0 Å². The molecule has 7 heteroatoms. The van der Waals surface area contributed by atoms with Crippen molar-refractivity contribution in [3.05, 3.63) is 23.8 Å². The molecular formula is C16H21F3N2OS. The SMILES string of the molecule is Cc1ccc(SCC(F)(F)F)c(NC(=O)[C@H]2CCN[C@@H](C)C2)c1. The molecule has 1 fully saturated rings. The number of thioether (sulfide) groups is 1. The minimum Gasteiger partial charge on any atom is -0.325 e. The van der Waals surface area contributed by atoms with Gasteiger partial charge < -0.3 is 10.6 Å². The summed E-state index contributed by atoms with van der Waals surface area (Å²) in [6.07, 6.45) is -2.75. The highest BCUT2D eigenvalue weighted by Gasteiger charge is 2.28. The lowest BCUT2D eigenvalue weighted by Gasteiger charge is -2.27. The summed E-state index contributed by atoms with van der Waals surface area (Å²) in [5.41, 5.74) is 1.37. The molecule has 0 saturated carbocycles. The van der Waals surface area contributed by atoms with E-state index in [0.717, 1.165) is 24.9 Å². The predicted molar refractivity (Wildman–Crippen MR) is 86.8 cm³/mol. The molecule has 1 saturated heterocycles. The van der Waals surface area contributed by atoms with Gasteiger partial charge in [0.05, 0.1) is 11.4 Å². The lowest BCUT2D eigenvalue weighted by atomic mass is 9.92. The summed E-state index contributed by atoms with van der Waals surface area (Å²) in [7, 11) is 0. The lowest BCUT2D eigenvalue weighted by Crippen LogP contribution is -2.40. The highest BCUT2D eigenvalue weighted by atomic mass is 32.2. The van der Waals surface area contributed by atoms with Crippen LogP contribution in [0.4, 0.5) is 18.9 Å². The maximum Gasteiger partial charge on any atom is 0.398 e. The number of carbonyl (C=O) groups is 1. The van der Waals surface area contributed by atoms with Crippen molar-refractivity contribution >= 4 is 23.4 Å². The number of halogens is 3. The van der Waals surface area contributed by atoms with Crippen LogP contribution in [0.2, 0.25) is 0 Å². The second-order valence-electron chi connectivity index (χ2n) is 5.97. The van der Waals surface area contributed by atoms with Crippen molar-refractivity contribution in [2.24, 2.45) is 5.92 Å². The summed E-state index contributed by atoms with van der Waals surface area (Å²) in [4.78, 5) is 12.9. The number of benzene rings is 1. The zero-order valence-corrected chi connectivity index (χ0v) is 14.0. The summed E-state index contributed by atoms with van der Waals surface area (Å²) in [5, 5.41) is 6.10. The number of carbonyl (C=O) groups excluding carboxylic acids is 1. The summed E-state index contributed by atoms with van der Waals surface area (Å²) in [6.45, 7) is 4.65. The smallest absolute Gasteiger partial charge is 0.325 e. The van der Waals surface area contributed by atoms with Gasteiger partial charge in [-0.15, -0.1) is 11.8 Å². The van der Waals surface area contributed by atoms with Crippen molar-refractivity contribution in [2.45, 2.75) is 43.8 Å². The normalized spacial score (nSPS) is 22.0. The molecule has 0 unspecified atom stereocenters. The molecule has 1 aromatic carbocycles. The van der Waals surface area contributed by atoms with Crippen LogP contribution in [0.15, 0.2) is 23.1 Å². The van der Waals surface area contributed by atoms with Crippen LogP contribution >= 0.6 is 11.8 Å². The van der Waals surface area contributed by atoms with E-state index in [1.165, 1.54) is 0 Å². The van der Waals surface area contributed by atoms with E-state index in [1.807, 2.05) is 13.8 Å². The van der Waals surface area contributed by atoms with E-state index in [0.29, 0.717) is 22.3 Å². The van der Waals surface area contributed by atoms with Gasteiger partial charge in [-0.2, -0.15) is 13.2 Å². The Morgan fingerprint density at radius 2 is 2.17 bits per heavy atom. The third-order valence-electron chi connectivity index (χ3n) is 3.78. The van der Waals surface area contributed by atoms with E-state index in [-0.39, 0.29) is 17.9 Å². The molecule has 128 valence electrons. The Bertz CT molecular complexity index is 563. The molecule has 0 bridgehead atoms. The van der Waals surface area contributed by atoms with E-state index in [1.54, 1.807) is 18.2 Å². The summed E-state index contributed by atoms with van der Waals surface area (Å²) in [6, 6.07) is 5.38. The molecule has 0 aromatic heterocycles. The molecule has 1 heterocycles. The third-order valence-corrected chi connectivity index (χ3v) is 4.92. The van der Waals surface area contributed by atoms with E-state index >= 15 is 0 Å². The highest BCUT2D eigenvalue weighted by Crippen LogP contribution is 2.33. The van der Waals surface area contributed by atoms with Crippen LogP contribution in [0.3, 0.4) is 0 Å². The van der Waals surface area contributed by atoms with E-state index < -0.39 is 11.9 Å².